The van der Waals surface area contributed by atoms with Gasteiger partial charge in [0.15, 0.2) is 0 Å². The predicted octanol–water partition coefficient (Wildman–Crippen LogP) is 4.67. The standard InChI is InChI=1S/C15H15Br/c1-12-6-5-9-14(10-12)15(16)11-13-7-3-2-4-8-13/h2-10,15H,11H2,1H3. The smallest absolute Gasteiger partial charge is 0.0435 e. The fourth-order valence-corrected chi connectivity index (χ4v) is 2.46. The quantitative estimate of drug-likeness (QED) is 0.714. The number of hydrogen-bond acceptors (Lipinski definition) is 0. The maximum Gasteiger partial charge on any atom is 0.0435 e. The molecule has 0 saturated carbocycles. The zero-order valence-electron chi connectivity index (χ0n) is 9.36. The first-order valence-corrected chi connectivity index (χ1v) is 6.42. The Hall–Kier alpha value is -1.08. The van der Waals surface area contributed by atoms with Crippen LogP contribution >= 0.6 is 15.9 Å². The van der Waals surface area contributed by atoms with Gasteiger partial charge in [-0.05, 0) is 24.5 Å². The van der Waals surface area contributed by atoms with Gasteiger partial charge in [-0.2, -0.15) is 0 Å². The Balaban J connectivity index is 2.12. The zero-order valence-corrected chi connectivity index (χ0v) is 10.9. The van der Waals surface area contributed by atoms with Crippen molar-refractivity contribution in [3.05, 3.63) is 71.3 Å². The molecule has 0 N–H and O–H groups in total. The molecule has 0 saturated heterocycles. The second kappa shape index (κ2) is 5.31. The summed E-state index contributed by atoms with van der Waals surface area (Å²) < 4.78 is 0. The van der Waals surface area contributed by atoms with Gasteiger partial charge < -0.3 is 0 Å². The summed E-state index contributed by atoms with van der Waals surface area (Å²) in [5.74, 6) is 0. The van der Waals surface area contributed by atoms with Gasteiger partial charge in [-0.1, -0.05) is 76.1 Å². The minimum Gasteiger partial charge on any atom is -0.0835 e. The van der Waals surface area contributed by atoms with Crippen LogP contribution in [0.3, 0.4) is 0 Å². The van der Waals surface area contributed by atoms with Crippen molar-refractivity contribution in [3.63, 3.8) is 0 Å². The maximum absolute atomic E-state index is 3.76. The van der Waals surface area contributed by atoms with Gasteiger partial charge in [0.1, 0.15) is 0 Å². The monoisotopic (exact) mass is 274 g/mol. The first-order chi connectivity index (χ1) is 7.75. The molecule has 16 heavy (non-hydrogen) atoms. The Kier molecular flexibility index (Phi) is 3.79. The molecule has 2 aromatic rings. The second-order valence-electron chi connectivity index (χ2n) is 4.07. The van der Waals surface area contributed by atoms with Crippen molar-refractivity contribution in [1.82, 2.24) is 0 Å². The topological polar surface area (TPSA) is 0 Å². The van der Waals surface area contributed by atoms with Crippen LogP contribution < -0.4 is 0 Å². The zero-order chi connectivity index (χ0) is 11.4. The van der Waals surface area contributed by atoms with Crippen LogP contribution in [0, 0.1) is 6.92 Å². The molecule has 0 aliphatic carbocycles. The van der Waals surface area contributed by atoms with Gasteiger partial charge >= 0.3 is 0 Å². The summed E-state index contributed by atoms with van der Waals surface area (Å²) in [7, 11) is 0. The highest BCUT2D eigenvalue weighted by Crippen LogP contribution is 2.27. The molecule has 1 heteroatoms. The first kappa shape index (κ1) is 11.4. The number of hydrogen-bond donors (Lipinski definition) is 0. The molecule has 2 rings (SSSR count). The Morgan fingerprint density at radius 2 is 1.75 bits per heavy atom. The molecule has 0 aromatic heterocycles. The third kappa shape index (κ3) is 2.96. The van der Waals surface area contributed by atoms with E-state index in [-0.39, 0.29) is 0 Å². The number of rotatable bonds is 3. The fourth-order valence-electron chi connectivity index (χ4n) is 1.80. The second-order valence-corrected chi connectivity index (χ2v) is 5.18. The summed E-state index contributed by atoms with van der Waals surface area (Å²) in [6, 6.07) is 19.2. The lowest BCUT2D eigenvalue weighted by Crippen LogP contribution is -1.95. The predicted molar refractivity (Wildman–Crippen MR) is 73.0 cm³/mol. The number of benzene rings is 2. The van der Waals surface area contributed by atoms with E-state index < -0.39 is 0 Å². The van der Waals surface area contributed by atoms with Crippen LogP contribution in [0.1, 0.15) is 21.5 Å². The largest absolute Gasteiger partial charge is 0.0835 e. The summed E-state index contributed by atoms with van der Waals surface area (Å²) in [5, 5.41) is 0. The molecule has 0 radical (unpaired) electrons. The Morgan fingerprint density at radius 1 is 1.00 bits per heavy atom. The van der Waals surface area contributed by atoms with Gasteiger partial charge in [0.25, 0.3) is 0 Å². The first-order valence-electron chi connectivity index (χ1n) is 5.50. The Morgan fingerprint density at radius 3 is 2.44 bits per heavy atom. The molecule has 1 atom stereocenters. The van der Waals surface area contributed by atoms with E-state index in [0.29, 0.717) is 4.83 Å². The molecule has 82 valence electrons. The summed E-state index contributed by atoms with van der Waals surface area (Å²) in [5.41, 5.74) is 4.03. The number of alkyl halides is 1. The minimum absolute atomic E-state index is 0.398. The van der Waals surface area contributed by atoms with Gasteiger partial charge in [-0.25, -0.2) is 0 Å². The van der Waals surface area contributed by atoms with E-state index >= 15 is 0 Å². The molecule has 0 heterocycles. The van der Waals surface area contributed by atoms with Crippen molar-refractivity contribution in [2.24, 2.45) is 0 Å². The van der Waals surface area contributed by atoms with Crippen molar-refractivity contribution in [1.29, 1.82) is 0 Å². The molecule has 0 amide bonds. The molecular formula is C15H15Br. The van der Waals surface area contributed by atoms with Gasteiger partial charge in [-0.15, -0.1) is 0 Å². The minimum atomic E-state index is 0.398. The summed E-state index contributed by atoms with van der Waals surface area (Å²) in [6.45, 7) is 2.13. The highest BCUT2D eigenvalue weighted by atomic mass is 79.9. The van der Waals surface area contributed by atoms with E-state index in [1.165, 1.54) is 16.7 Å². The fraction of sp³-hybridized carbons (Fsp3) is 0.200. The third-order valence-corrected chi connectivity index (χ3v) is 3.51. The Labute approximate surface area is 105 Å². The van der Waals surface area contributed by atoms with Crippen LogP contribution in [-0.4, -0.2) is 0 Å². The van der Waals surface area contributed by atoms with Gasteiger partial charge in [-0.3, -0.25) is 0 Å². The highest BCUT2D eigenvalue weighted by Gasteiger charge is 2.07. The molecule has 0 fully saturated rings. The third-order valence-electron chi connectivity index (χ3n) is 2.66. The van der Waals surface area contributed by atoms with Crippen molar-refractivity contribution in [2.45, 2.75) is 18.2 Å². The highest BCUT2D eigenvalue weighted by molar-refractivity contribution is 9.09. The molecular weight excluding hydrogens is 260 g/mol. The summed E-state index contributed by atoms with van der Waals surface area (Å²) in [4.78, 5) is 0.398. The van der Waals surface area contributed by atoms with Gasteiger partial charge in [0, 0.05) is 4.83 Å². The van der Waals surface area contributed by atoms with E-state index in [9.17, 15) is 0 Å². The molecule has 0 bridgehead atoms. The summed E-state index contributed by atoms with van der Waals surface area (Å²) >= 11 is 3.76. The van der Waals surface area contributed by atoms with Crippen LogP contribution in [0.15, 0.2) is 54.6 Å². The van der Waals surface area contributed by atoms with Crippen molar-refractivity contribution < 1.29 is 0 Å². The van der Waals surface area contributed by atoms with E-state index in [1.54, 1.807) is 0 Å². The van der Waals surface area contributed by atoms with E-state index in [2.05, 4.69) is 77.5 Å². The lowest BCUT2D eigenvalue weighted by atomic mass is 10.0. The Bertz CT molecular complexity index is 448. The SMILES string of the molecule is Cc1cccc(C(Br)Cc2ccccc2)c1. The van der Waals surface area contributed by atoms with Crippen molar-refractivity contribution in [2.75, 3.05) is 0 Å². The normalized spacial score (nSPS) is 12.4. The maximum atomic E-state index is 3.76. The lowest BCUT2D eigenvalue weighted by Gasteiger charge is -2.10. The van der Waals surface area contributed by atoms with Crippen LogP contribution in [0.4, 0.5) is 0 Å². The van der Waals surface area contributed by atoms with E-state index in [0.717, 1.165) is 6.42 Å². The van der Waals surface area contributed by atoms with Crippen LogP contribution in [0.2, 0.25) is 0 Å². The molecule has 0 nitrogen and oxygen atoms in total. The van der Waals surface area contributed by atoms with Crippen molar-refractivity contribution in [3.8, 4) is 0 Å². The molecule has 2 aromatic carbocycles. The number of aryl methyl sites for hydroxylation is 1. The molecule has 0 spiro atoms. The van der Waals surface area contributed by atoms with E-state index in [1.807, 2.05) is 0 Å². The van der Waals surface area contributed by atoms with Gasteiger partial charge in [0.05, 0.1) is 0 Å². The average Bonchev–Trinajstić information content (AvgIpc) is 2.30. The molecule has 1 unspecified atom stereocenters. The van der Waals surface area contributed by atoms with E-state index in [4.69, 9.17) is 0 Å². The average molecular weight is 275 g/mol. The number of halogens is 1. The van der Waals surface area contributed by atoms with Gasteiger partial charge in [0.2, 0.25) is 0 Å². The molecule has 0 aliphatic heterocycles. The molecule has 0 aliphatic rings. The van der Waals surface area contributed by atoms with Crippen LogP contribution in [0.25, 0.3) is 0 Å². The van der Waals surface area contributed by atoms with Crippen molar-refractivity contribution >= 4 is 15.9 Å². The van der Waals surface area contributed by atoms with Crippen LogP contribution in [-0.2, 0) is 6.42 Å². The summed E-state index contributed by atoms with van der Waals surface area (Å²) in [6.07, 6.45) is 1.03. The van der Waals surface area contributed by atoms with Crippen LogP contribution in [0.5, 0.6) is 0 Å². The lowest BCUT2D eigenvalue weighted by molar-refractivity contribution is 0.947.